The number of hydrogen-bond donors (Lipinski definition) is 0. The Hall–Kier alpha value is -2.29. The van der Waals surface area contributed by atoms with E-state index >= 15 is 0 Å². The van der Waals surface area contributed by atoms with E-state index in [9.17, 15) is 0 Å². The van der Waals surface area contributed by atoms with Crippen molar-refractivity contribution in [1.29, 1.82) is 0 Å². The number of thiophene rings is 8. The van der Waals surface area contributed by atoms with Gasteiger partial charge >= 0.3 is 0 Å². The van der Waals surface area contributed by atoms with Crippen LogP contribution in [-0.4, -0.2) is 96.9 Å². The van der Waals surface area contributed by atoms with Crippen LogP contribution in [0.1, 0.15) is 41.8 Å². The topological polar surface area (TPSA) is 73.8 Å². The Labute approximate surface area is 486 Å². The Kier molecular flexibility index (Phi) is 24.2. The lowest BCUT2D eigenvalue weighted by atomic mass is 10.1. The lowest BCUT2D eigenvalue weighted by Gasteiger charge is -2.17. The van der Waals surface area contributed by atoms with Crippen molar-refractivity contribution in [2.24, 2.45) is 0 Å². The van der Waals surface area contributed by atoms with Crippen molar-refractivity contribution in [2.75, 3.05) is 80.3 Å². The van der Waals surface area contributed by atoms with Gasteiger partial charge in [0.05, 0.1) is 75.8 Å². The highest BCUT2D eigenvalue weighted by Crippen LogP contribution is 2.47. The van der Waals surface area contributed by atoms with E-state index in [2.05, 4.69) is 140 Å². The predicted molar refractivity (Wildman–Crippen MR) is 338 cm³/mol. The average Bonchev–Trinajstić information content (AvgIpc) is 4.23. The fraction of sp³-hybridized carbons (Fsp3) is 0.448. The molecule has 0 atom stereocenters. The Morgan fingerprint density at radius 1 is 0.316 bits per heavy atom. The van der Waals surface area contributed by atoms with Crippen LogP contribution in [-0.2, 0) is 63.3 Å². The zero-order chi connectivity index (χ0) is 54.2. The molecule has 0 amide bonds. The van der Waals surface area contributed by atoms with Gasteiger partial charge in [0.15, 0.2) is 16.6 Å². The van der Waals surface area contributed by atoms with Gasteiger partial charge in [-0.15, -0.1) is 90.7 Å². The zero-order valence-corrected chi connectivity index (χ0v) is 54.9. The molecule has 0 saturated carbocycles. The molecular weight excluding hydrogens is 1140 g/mol. The summed E-state index contributed by atoms with van der Waals surface area (Å²) in [6, 6.07) is 27.4. The van der Waals surface area contributed by atoms with Gasteiger partial charge in [-0.3, -0.25) is 0 Å². The van der Waals surface area contributed by atoms with Crippen LogP contribution in [0.5, 0.6) is 0 Å². The molecule has 8 aromatic heterocycles. The summed E-state index contributed by atoms with van der Waals surface area (Å²) < 4.78 is 45.2. The molecule has 0 aliphatic heterocycles. The zero-order valence-electron chi connectivity index (χ0n) is 46.4. The summed E-state index contributed by atoms with van der Waals surface area (Å²) >= 11 is 15.0. The molecule has 0 unspecified atom stereocenters. The minimum atomic E-state index is -1.48. The van der Waals surface area contributed by atoms with Gasteiger partial charge in [-0.25, -0.2) is 0 Å². The molecule has 0 spiro atoms. The van der Waals surface area contributed by atoms with Crippen LogP contribution in [0.3, 0.4) is 0 Å². The van der Waals surface area contributed by atoms with Gasteiger partial charge < -0.3 is 37.3 Å². The van der Waals surface area contributed by atoms with Gasteiger partial charge in [-0.05, 0) is 175 Å². The number of ether oxygens (including phenoxy) is 6. The molecule has 8 aromatic rings. The third kappa shape index (κ3) is 18.9. The SMILES string of the molecule is COCCOCCOCc1cc(C)sc1-c1ccc(-c2ccc(-c3sc(C)cc3COCCOCCOC)s2)s1.Cc1cc(CCO[Si](C)(C)C)c(-c2ccc(-c3ccc(-c4sc(C)cc4CCO[Si](C)(C)C)s3)s2)s1. The van der Waals surface area contributed by atoms with Crippen molar-refractivity contribution in [3.8, 4) is 58.5 Å². The molecule has 0 N–H and O–H groups in total. The minimum Gasteiger partial charge on any atom is -0.417 e. The number of hydrogen-bond acceptors (Lipinski definition) is 16. The second-order valence-electron chi connectivity index (χ2n) is 20.2. The van der Waals surface area contributed by atoms with Gasteiger partial charge in [0.2, 0.25) is 0 Å². The fourth-order valence-corrected chi connectivity index (χ4v) is 18.5. The molecule has 0 bridgehead atoms. The fourth-order valence-electron chi connectivity index (χ4n) is 8.08. The van der Waals surface area contributed by atoms with E-state index in [0.717, 1.165) is 26.1 Å². The summed E-state index contributed by atoms with van der Waals surface area (Å²) in [7, 11) is 0.388. The van der Waals surface area contributed by atoms with Crippen molar-refractivity contribution in [1.82, 2.24) is 0 Å². The van der Waals surface area contributed by atoms with Crippen LogP contribution >= 0.6 is 90.7 Å². The molecule has 0 radical (unpaired) electrons. The third-order valence-corrected chi connectivity index (χ3v) is 23.4. The summed E-state index contributed by atoms with van der Waals surface area (Å²) in [5, 5.41) is 0. The van der Waals surface area contributed by atoms with Gasteiger partial charge in [-0.2, -0.15) is 0 Å². The lowest BCUT2D eigenvalue weighted by Crippen LogP contribution is -2.26. The largest absolute Gasteiger partial charge is 0.417 e. The Morgan fingerprint density at radius 3 is 0.882 bits per heavy atom. The van der Waals surface area contributed by atoms with Crippen LogP contribution in [0.2, 0.25) is 39.3 Å². The maximum absolute atomic E-state index is 6.15. The number of methoxy groups -OCH3 is 2. The first-order valence-corrected chi connectivity index (χ1v) is 39.2. The molecule has 18 heteroatoms. The maximum Gasteiger partial charge on any atom is 0.183 e. The smallest absolute Gasteiger partial charge is 0.183 e. The first-order chi connectivity index (χ1) is 36.5. The van der Waals surface area contributed by atoms with Crippen LogP contribution in [0.15, 0.2) is 72.8 Å². The summed E-state index contributed by atoms with van der Waals surface area (Å²) in [5.74, 6) is 0. The molecule has 0 fully saturated rings. The standard InChI is InChI=1S/C30H38O6S4.C28H38O2S4Si2/c1-21-17-23(19-35-15-13-33-11-9-31-3)29(37-21)27-7-5-25(39-27)26-6-8-28(40-26)30-24(18-22(2)38-30)20-36-16-14-34-12-10-32-4;1-19-17-21(13-15-29-35(3,4)5)27(31-19)25-11-9-23(33-25)24-10-12-26(34-24)28-22(18-20(2)32-28)14-16-30-36(6,7)8/h5-8,17-18H,9-16,19-20H2,1-4H3;9-12,17-18H,13-16H2,1-8H3. The molecule has 76 heavy (non-hydrogen) atoms. The third-order valence-electron chi connectivity index (χ3n) is 11.5. The van der Waals surface area contributed by atoms with Crippen LogP contribution < -0.4 is 0 Å². The summed E-state index contributed by atoms with van der Waals surface area (Å²) in [6.45, 7) is 29.8. The van der Waals surface area contributed by atoms with E-state index in [1.165, 1.54) is 100 Å². The van der Waals surface area contributed by atoms with E-state index in [4.69, 9.17) is 37.3 Å². The Bertz CT molecular complexity index is 2790. The predicted octanol–water partition coefficient (Wildman–Crippen LogP) is 18.2. The Balaban J connectivity index is 0.000000222. The molecule has 8 heterocycles. The van der Waals surface area contributed by atoms with Gasteiger partial charge in [0.1, 0.15) is 0 Å². The van der Waals surface area contributed by atoms with Gasteiger partial charge in [-0.1, -0.05) is 0 Å². The van der Waals surface area contributed by atoms with Crippen LogP contribution in [0, 0.1) is 27.7 Å². The van der Waals surface area contributed by atoms with E-state index in [1.54, 1.807) is 14.2 Å². The maximum atomic E-state index is 6.15. The van der Waals surface area contributed by atoms with Crippen molar-refractivity contribution in [2.45, 2.75) is 93.0 Å². The quantitative estimate of drug-likeness (QED) is 0.0326. The second-order valence-corrected chi connectivity index (χ2v) is 38.6. The molecule has 0 saturated heterocycles. The van der Waals surface area contributed by atoms with E-state index < -0.39 is 16.6 Å². The molecule has 0 aliphatic rings. The normalized spacial score (nSPS) is 12.1. The van der Waals surface area contributed by atoms with Crippen molar-refractivity contribution < 1.29 is 37.3 Å². The highest BCUT2D eigenvalue weighted by Gasteiger charge is 2.21. The molecule has 0 aromatic carbocycles. The molecule has 412 valence electrons. The summed E-state index contributed by atoms with van der Waals surface area (Å²) in [4.78, 5) is 21.4. The Morgan fingerprint density at radius 2 is 0.579 bits per heavy atom. The van der Waals surface area contributed by atoms with Crippen LogP contribution in [0.4, 0.5) is 0 Å². The number of aryl methyl sites for hydroxylation is 4. The molecule has 8 rings (SSSR count). The van der Waals surface area contributed by atoms with Crippen molar-refractivity contribution in [3.05, 3.63) is 115 Å². The first kappa shape index (κ1) is 61.3. The minimum absolute atomic E-state index is 0.573. The van der Waals surface area contributed by atoms with Crippen molar-refractivity contribution >= 4 is 107 Å². The van der Waals surface area contributed by atoms with Crippen LogP contribution in [0.25, 0.3) is 58.5 Å². The molecule has 0 aliphatic carbocycles. The second kappa shape index (κ2) is 30.0. The van der Waals surface area contributed by atoms with E-state index in [-0.39, 0.29) is 0 Å². The summed E-state index contributed by atoms with van der Waals surface area (Å²) in [6.07, 6.45) is 1.98. The first-order valence-electron chi connectivity index (χ1n) is 25.8. The average molecular weight is 1210 g/mol. The molecular formula is C58H76O8S8Si2. The van der Waals surface area contributed by atoms with E-state index in [0.29, 0.717) is 66.1 Å². The van der Waals surface area contributed by atoms with Crippen molar-refractivity contribution in [3.63, 3.8) is 0 Å². The summed E-state index contributed by atoms with van der Waals surface area (Å²) in [5.41, 5.74) is 5.33. The molecule has 8 nitrogen and oxygen atoms in total. The van der Waals surface area contributed by atoms with Gasteiger partial charge in [0.25, 0.3) is 0 Å². The highest BCUT2D eigenvalue weighted by molar-refractivity contribution is 7.29. The van der Waals surface area contributed by atoms with Gasteiger partial charge in [0, 0.05) is 95.7 Å². The monoisotopic (exact) mass is 1210 g/mol. The van der Waals surface area contributed by atoms with E-state index in [1.807, 2.05) is 90.7 Å². The highest BCUT2D eigenvalue weighted by atomic mass is 32.1. The number of rotatable bonds is 30. The lowest BCUT2D eigenvalue weighted by molar-refractivity contribution is 0.0201.